The second-order valence-electron chi connectivity index (χ2n) is 3.64. The van der Waals surface area contributed by atoms with Gasteiger partial charge >= 0.3 is 0 Å². The summed E-state index contributed by atoms with van der Waals surface area (Å²) in [6.07, 6.45) is 7.57. The summed E-state index contributed by atoms with van der Waals surface area (Å²) in [7, 11) is 0. The van der Waals surface area contributed by atoms with E-state index in [4.69, 9.17) is 4.74 Å². The van der Waals surface area contributed by atoms with Crippen molar-refractivity contribution in [3.63, 3.8) is 0 Å². The number of aromatic nitrogens is 2. The number of unbranched alkanes of at least 4 members (excludes halogenated alkanes) is 1. The Bertz CT molecular complexity index is 251. The fourth-order valence-corrected chi connectivity index (χ4v) is 1.15. The normalized spacial score (nSPS) is 10.6. The zero-order valence-corrected chi connectivity index (χ0v) is 9.44. The molecule has 15 heavy (non-hydrogen) atoms. The predicted molar refractivity (Wildman–Crippen MR) is 60.8 cm³/mol. The van der Waals surface area contributed by atoms with Gasteiger partial charge in [0.05, 0.1) is 12.3 Å². The van der Waals surface area contributed by atoms with Crippen molar-refractivity contribution in [1.82, 2.24) is 9.97 Å². The zero-order valence-electron chi connectivity index (χ0n) is 9.44. The van der Waals surface area contributed by atoms with E-state index in [1.165, 1.54) is 0 Å². The Morgan fingerprint density at radius 1 is 1.33 bits per heavy atom. The van der Waals surface area contributed by atoms with Crippen LogP contribution in [0.1, 0.15) is 26.7 Å². The molecule has 0 amide bonds. The van der Waals surface area contributed by atoms with Gasteiger partial charge in [-0.25, -0.2) is 4.98 Å². The Kier molecular flexibility index (Phi) is 5.70. The molecule has 0 aliphatic heterocycles. The van der Waals surface area contributed by atoms with Crippen molar-refractivity contribution in [2.75, 3.05) is 18.5 Å². The molecule has 1 heterocycles. The third-order valence-electron chi connectivity index (χ3n) is 1.89. The molecule has 1 aromatic rings. The van der Waals surface area contributed by atoms with Gasteiger partial charge in [0.15, 0.2) is 0 Å². The summed E-state index contributed by atoms with van der Waals surface area (Å²) < 4.78 is 5.44. The van der Waals surface area contributed by atoms with Crippen LogP contribution in [0.4, 0.5) is 5.82 Å². The number of anilines is 1. The van der Waals surface area contributed by atoms with Crippen molar-refractivity contribution in [3.8, 4) is 0 Å². The molecule has 0 fully saturated rings. The first-order chi connectivity index (χ1) is 7.29. The molecule has 84 valence electrons. The summed E-state index contributed by atoms with van der Waals surface area (Å²) in [5.74, 6) is 0.835. The van der Waals surface area contributed by atoms with Crippen LogP contribution in [-0.2, 0) is 4.74 Å². The zero-order chi connectivity index (χ0) is 10.9. The Hall–Kier alpha value is -1.16. The lowest BCUT2D eigenvalue weighted by molar-refractivity contribution is 0.0765. The number of hydrogen-bond donors (Lipinski definition) is 1. The smallest absolute Gasteiger partial charge is 0.144 e. The molecule has 4 nitrogen and oxygen atoms in total. The number of nitrogens with one attached hydrogen (secondary N) is 1. The van der Waals surface area contributed by atoms with Gasteiger partial charge in [0.25, 0.3) is 0 Å². The van der Waals surface area contributed by atoms with Crippen LogP contribution in [0.3, 0.4) is 0 Å². The third-order valence-corrected chi connectivity index (χ3v) is 1.89. The second-order valence-corrected chi connectivity index (χ2v) is 3.64. The van der Waals surface area contributed by atoms with Crippen LogP contribution in [0, 0.1) is 0 Å². The van der Waals surface area contributed by atoms with E-state index in [1.54, 1.807) is 18.6 Å². The first kappa shape index (κ1) is 11.9. The van der Waals surface area contributed by atoms with E-state index in [0.29, 0.717) is 6.10 Å². The maximum atomic E-state index is 5.44. The monoisotopic (exact) mass is 209 g/mol. The maximum Gasteiger partial charge on any atom is 0.144 e. The molecule has 0 aromatic carbocycles. The van der Waals surface area contributed by atoms with Crippen LogP contribution >= 0.6 is 0 Å². The molecule has 0 spiro atoms. The summed E-state index contributed by atoms with van der Waals surface area (Å²) in [5, 5.41) is 3.20. The van der Waals surface area contributed by atoms with Gasteiger partial charge in [-0.2, -0.15) is 0 Å². The van der Waals surface area contributed by atoms with E-state index >= 15 is 0 Å². The minimum Gasteiger partial charge on any atom is -0.379 e. The Labute approximate surface area is 91.1 Å². The Balaban J connectivity index is 1.98. The van der Waals surface area contributed by atoms with Gasteiger partial charge in [-0.1, -0.05) is 0 Å². The molecule has 0 bridgehead atoms. The highest BCUT2D eigenvalue weighted by Crippen LogP contribution is 1.99. The van der Waals surface area contributed by atoms with Crippen LogP contribution < -0.4 is 5.32 Å². The quantitative estimate of drug-likeness (QED) is 0.698. The Morgan fingerprint density at radius 3 is 2.87 bits per heavy atom. The molecule has 0 saturated carbocycles. The standard InChI is InChI=1S/C11H19N3O/c1-10(2)15-8-4-3-5-13-11-9-12-6-7-14-11/h6-7,9-10H,3-5,8H2,1-2H3,(H,13,14). The van der Waals surface area contributed by atoms with Gasteiger partial charge in [0.1, 0.15) is 5.82 Å². The van der Waals surface area contributed by atoms with Crippen molar-refractivity contribution in [3.05, 3.63) is 18.6 Å². The van der Waals surface area contributed by atoms with Crippen molar-refractivity contribution >= 4 is 5.82 Å². The van der Waals surface area contributed by atoms with Crippen molar-refractivity contribution in [2.24, 2.45) is 0 Å². The molecule has 0 unspecified atom stereocenters. The fraction of sp³-hybridized carbons (Fsp3) is 0.636. The molecule has 1 N–H and O–H groups in total. The molecule has 0 atom stereocenters. The largest absolute Gasteiger partial charge is 0.379 e. The second kappa shape index (κ2) is 7.17. The van der Waals surface area contributed by atoms with Gasteiger partial charge in [-0.3, -0.25) is 4.98 Å². The van der Waals surface area contributed by atoms with E-state index in [1.807, 2.05) is 0 Å². The Morgan fingerprint density at radius 2 is 2.20 bits per heavy atom. The highest BCUT2D eigenvalue weighted by atomic mass is 16.5. The molecule has 1 rings (SSSR count). The summed E-state index contributed by atoms with van der Waals surface area (Å²) in [5.41, 5.74) is 0. The molecule has 0 aliphatic rings. The molecule has 1 aromatic heterocycles. The van der Waals surface area contributed by atoms with Gasteiger partial charge in [-0.15, -0.1) is 0 Å². The first-order valence-corrected chi connectivity index (χ1v) is 5.40. The number of nitrogens with zero attached hydrogens (tertiary/aromatic N) is 2. The number of hydrogen-bond acceptors (Lipinski definition) is 4. The molecule has 4 heteroatoms. The van der Waals surface area contributed by atoms with Crippen molar-refractivity contribution < 1.29 is 4.74 Å². The molecular weight excluding hydrogens is 190 g/mol. The minimum absolute atomic E-state index is 0.331. The van der Waals surface area contributed by atoms with Gasteiger partial charge in [0, 0.05) is 25.5 Å². The van der Waals surface area contributed by atoms with Crippen LogP contribution in [0.25, 0.3) is 0 Å². The lowest BCUT2D eigenvalue weighted by Gasteiger charge is -2.07. The molecule has 0 saturated heterocycles. The summed E-state index contributed by atoms with van der Waals surface area (Å²) in [6.45, 7) is 5.86. The lowest BCUT2D eigenvalue weighted by Crippen LogP contribution is -2.07. The first-order valence-electron chi connectivity index (χ1n) is 5.40. The van der Waals surface area contributed by atoms with Gasteiger partial charge < -0.3 is 10.1 Å². The molecule has 0 aliphatic carbocycles. The average molecular weight is 209 g/mol. The van der Waals surface area contributed by atoms with Crippen LogP contribution in [0.5, 0.6) is 0 Å². The fourth-order valence-electron chi connectivity index (χ4n) is 1.15. The average Bonchev–Trinajstić information content (AvgIpc) is 2.24. The van der Waals surface area contributed by atoms with E-state index in [0.717, 1.165) is 31.8 Å². The third kappa shape index (κ3) is 6.01. The minimum atomic E-state index is 0.331. The number of ether oxygens (including phenoxy) is 1. The highest BCUT2D eigenvalue weighted by molar-refractivity contribution is 5.29. The topological polar surface area (TPSA) is 47.0 Å². The van der Waals surface area contributed by atoms with Crippen LogP contribution in [0.15, 0.2) is 18.6 Å². The predicted octanol–water partition coefficient (Wildman–Crippen LogP) is 2.09. The van der Waals surface area contributed by atoms with Gasteiger partial charge in [-0.05, 0) is 26.7 Å². The van der Waals surface area contributed by atoms with E-state index in [2.05, 4.69) is 29.1 Å². The molecule has 0 radical (unpaired) electrons. The lowest BCUT2D eigenvalue weighted by atomic mass is 10.3. The highest BCUT2D eigenvalue weighted by Gasteiger charge is 1.94. The van der Waals surface area contributed by atoms with E-state index in [9.17, 15) is 0 Å². The molecular formula is C11H19N3O. The summed E-state index contributed by atoms with van der Waals surface area (Å²) in [4.78, 5) is 8.09. The van der Waals surface area contributed by atoms with E-state index in [-0.39, 0.29) is 0 Å². The summed E-state index contributed by atoms with van der Waals surface area (Å²) in [6, 6.07) is 0. The van der Waals surface area contributed by atoms with Crippen LogP contribution in [-0.4, -0.2) is 29.2 Å². The SMILES string of the molecule is CC(C)OCCCCNc1cnccn1. The number of rotatable bonds is 7. The summed E-state index contributed by atoms with van der Waals surface area (Å²) >= 11 is 0. The van der Waals surface area contributed by atoms with Crippen molar-refractivity contribution in [1.29, 1.82) is 0 Å². The maximum absolute atomic E-state index is 5.44. The van der Waals surface area contributed by atoms with E-state index < -0.39 is 0 Å². The van der Waals surface area contributed by atoms with Crippen LogP contribution in [0.2, 0.25) is 0 Å². The van der Waals surface area contributed by atoms with Crippen molar-refractivity contribution in [2.45, 2.75) is 32.8 Å². The van der Waals surface area contributed by atoms with Gasteiger partial charge in [0.2, 0.25) is 0 Å².